The Kier molecular flexibility index (Phi) is 6.11. The zero-order valence-corrected chi connectivity index (χ0v) is 16.9. The third kappa shape index (κ3) is 4.69. The second-order valence-corrected chi connectivity index (χ2v) is 7.45. The summed E-state index contributed by atoms with van der Waals surface area (Å²) >= 11 is 0. The van der Waals surface area contributed by atoms with Gasteiger partial charge in [-0.2, -0.15) is 0 Å². The molecule has 2 aromatic carbocycles. The molecule has 0 radical (unpaired) electrons. The van der Waals surface area contributed by atoms with Crippen LogP contribution in [0, 0.1) is 0 Å². The van der Waals surface area contributed by atoms with Crippen LogP contribution in [0.4, 0.5) is 5.69 Å². The molecule has 7 nitrogen and oxygen atoms in total. The van der Waals surface area contributed by atoms with Crippen molar-refractivity contribution in [3.05, 3.63) is 78.0 Å². The van der Waals surface area contributed by atoms with Crippen molar-refractivity contribution in [3.8, 4) is 5.75 Å². The van der Waals surface area contributed by atoms with Gasteiger partial charge in [-0.15, -0.1) is 0 Å². The highest BCUT2D eigenvalue weighted by atomic mass is 16.5. The number of aliphatic hydroxyl groups excluding tert-OH is 1. The monoisotopic (exact) mass is 407 g/mol. The summed E-state index contributed by atoms with van der Waals surface area (Å²) in [5, 5.41) is 10.5. The number of ether oxygens (including phenoxy) is 1. The Bertz CT molecular complexity index is 990. The van der Waals surface area contributed by atoms with Crippen LogP contribution in [-0.2, 0) is 13.0 Å². The number of benzene rings is 2. The molecule has 1 aromatic heterocycles. The van der Waals surface area contributed by atoms with Gasteiger partial charge in [0.1, 0.15) is 18.5 Å². The average molecular weight is 407 g/mol. The number of nitrogens with zero attached hydrogens (tertiary/aromatic N) is 3. The number of anilines is 1. The van der Waals surface area contributed by atoms with E-state index < -0.39 is 6.10 Å². The van der Waals surface area contributed by atoms with Crippen LogP contribution in [0.2, 0.25) is 0 Å². The highest BCUT2D eigenvalue weighted by Crippen LogP contribution is 2.22. The first-order chi connectivity index (χ1) is 14.6. The summed E-state index contributed by atoms with van der Waals surface area (Å²) in [6.07, 6.45) is 3.00. The van der Waals surface area contributed by atoms with Crippen LogP contribution < -0.4 is 9.64 Å². The van der Waals surface area contributed by atoms with Crippen molar-refractivity contribution in [2.75, 3.05) is 31.6 Å². The molecule has 0 fully saturated rings. The highest BCUT2D eigenvalue weighted by Gasteiger charge is 2.19. The van der Waals surface area contributed by atoms with Crippen molar-refractivity contribution < 1.29 is 19.1 Å². The number of amides is 1. The molecule has 7 heteroatoms. The van der Waals surface area contributed by atoms with Crippen LogP contribution in [0.25, 0.3) is 0 Å². The fourth-order valence-electron chi connectivity index (χ4n) is 3.64. The molecule has 1 amide bonds. The average Bonchev–Trinajstić information content (AvgIpc) is 3.32. The zero-order valence-electron chi connectivity index (χ0n) is 16.9. The van der Waals surface area contributed by atoms with E-state index in [2.05, 4.69) is 34.1 Å². The molecule has 0 bridgehead atoms. The standard InChI is InChI=1S/C23H25N3O4/c1-25(23(28)22-12-24-16-30-22)19-7-4-8-21(11-19)29-15-20(27)14-26-10-9-17-5-2-3-6-18(17)13-26/h2-8,11-12,16,20,27H,9-10,13-15H2,1H3. The quantitative estimate of drug-likeness (QED) is 0.649. The number of carbonyl (C=O) groups excluding carboxylic acids is 1. The number of aliphatic hydroxyl groups is 1. The number of oxazole rings is 1. The normalized spacial score (nSPS) is 14.7. The number of aromatic nitrogens is 1. The first-order valence-electron chi connectivity index (χ1n) is 9.97. The summed E-state index contributed by atoms with van der Waals surface area (Å²) in [5.41, 5.74) is 3.38. The Morgan fingerprint density at radius 1 is 1.27 bits per heavy atom. The van der Waals surface area contributed by atoms with E-state index in [1.165, 1.54) is 28.6 Å². The Hall–Kier alpha value is -3.16. The van der Waals surface area contributed by atoms with E-state index in [4.69, 9.17) is 9.15 Å². The second-order valence-electron chi connectivity index (χ2n) is 7.45. The van der Waals surface area contributed by atoms with Gasteiger partial charge in [0, 0.05) is 38.4 Å². The van der Waals surface area contributed by atoms with Gasteiger partial charge < -0.3 is 19.2 Å². The van der Waals surface area contributed by atoms with Crippen molar-refractivity contribution in [1.82, 2.24) is 9.88 Å². The van der Waals surface area contributed by atoms with Crippen molar-refractivity contribution in [3.63, 3.8) is 0 Å². The molecule has 4 rings (SSSR count). The summed E-state index contributed by atoms with van der Waals surface area (Å²) in [6.45, 7) is 2.51. The lowest BCUT2D eigenvalue weighted by Crippen LogP contribution is -2.38. The fourth-order valence-corrected chi connectivity index (χ4v) is 3.64. The van der Waals surface area contributed by atoms with E-state index in [0.29, 0.717) is 18.0 Å². The van der Waals surface area contributed by atoms with Crippen molar-refractivity contribution >= 4 is 11.6 Å². The predicted octanol–water partition coefficient (Wildman–Crippen LogP) is 2.75. The van der Waals surface area contributed by atoms with Crippen molar-refractivity contribution in [1.29, 1.82) is 0 Å². The van der Waals surface area contributed by atoms with Gasteiger partial charge in [0.2, 0.25) is 5.76 Å². The van der Waals surface area contributed by atoms with Gasteiger partial charge in [0.15, 0.2) is 6.39 Å². The van der Waals surface area contributed by atoms with Gasteiger partial charge in [0.05, 0.1) is 6.20 Å². The maximum absolute atomic E-state index is 12.4. The van der Waals surface area contributed by atoms with Crippen molar-refractivity contribution in [2.24, 2.45) is 0 Å². The molecule has 0 spiro atoms. The molecule has 2 heterocycles. The number of hydrogen-bond acceptors (Lipinski definition) is 6. The molecule has 1 unspecified atom stereocenters. The largest absolute Gasteiger partial charge is 0.491 e. The second kappa shape index (κ2) is 9.11. The molecule has 1 atom stereocenters. The van der Waals surface area contributed by atoms with E-state index in [9.17, 15) is 9.90 Å². The highest BCUT2D eigenvalue weighted by molar-refractivity contribution is 6.03. The number of rotatable bonds is 7. The summed E-state index contributed by atoms with van der Waals surface area (Å²) in [4.78, 5) is 19.9. The van der Waals surface area contributed by atoms with Crippen LogP contribution in [0.1, 0.15) is 21.7 Å². The molecule has 3 aromatic rings. The van der Waals surface area contributed by atoms with Gasteiger partial charge in [0.25, 0.3) is 5.91 Å². The van der Waals surface area contributed by atoms with E-state index in [0.717, 1.165) is 19.5 Å². The number of carbonyl (C=O) groups is 1. The summed E-state index contributed by atoms with van der Waals surface area (Å²) in [5.74, 6) is 0.463. The molecule has 1 aliphatic heterocycles. The van der Waals surface area contributed by atoms with Crippen LogP contribution in [0.15, 0.2) is 65.5 Å². The first kappa shape index (κ1) is 20.1. The minimum Gasteiger partial charge on any atom is -0.491 e. The topological polar surface area (TPSA) is 79.0 Å². The van der Waals surface area contributed by atoms with Crippen LogP contribution in [-0.4, -0.2) is 53.7 Å². The molecule has 156 valence electrons. The van der Waals surface area contributed by atoms with Crippen LogP contribution >= 0.6 is 0 Å². The Morgan fingerprint density at radius 2 is 2.10 bits per heavy atom. The lowest BCUT2D eigenvalue weighted by atomic mass is 10.00. The van der Waals surface area contributed by atoms with Crippen LogP contribution in [0.3, 0.4) is 0 Å². The van der Waals surface area contributed by atoms with E-state index in [1.54, 1.807) is 19.2 Å². The van der Waals surface area contributed by atoms with E-state index in [1.807, 2.05) is 12.1 Å². The molecule has 0 saturated carbocycles. The molecule has 0 aliphatic carbocycles. The van der Waals surface area contributed by atoms with Gasteiger partial charge in [-0.25, -0.2) is 4.98 Å². The minimum absolute atomic E-state index is 0.169. The Balaban J connectivity index is 1.31. The fraction of sp³-hybridized carbons (Fsp3) is 0.304. The van der Waals surface area contributed by atoms with Gasteiger partial charge >= 0.3 is 0 Å². The third-order valence-electron chi connectivity index (χ3n) is 5.27. The first-order valence-corrected chi connectivity index (χ1v) is 9.97. The molecule has 0 saturated heterocycles. The number of fused-ring (bicyclic) bond motifs is 1. The lowest BCUT2D eigenvalue weighted by Gasteiger charge is -2.30. The molecule has 1 aliphatic rings. The minimum atomic E-state index is -0.604. The third-order valence-corrected chi connectivity index (χ3v) is 5.27. The van der Waals surface area contributed by atoms with Gasteiger partial charge in [-0.1, -0.05) is 30.3 Å². The lowest BCUT2D eigenvalue weighted by molar-refractivity contribution is 0.0638. The molecule has 1 N–H and O–H groups in total. The van der Waals surface area contributed by atoms with Gasteiger partial charge in [-0.3, -0.25) is 9.69 Å². The summed E-state index contributed by atoms with van der Waals surface area (Å²) in [6, 6.07) is 15.6. The smallest absolute Gasteiger partial charge is 0.295 e. The van der Waals surface area contributed by atoms with E-state index >= 15 is 0 Å². The summed E-state index contributed by atoms with van der Waals surface area (Å²) < 4.78 is 10.9. The Morgan fingerprint density at radius 3 is 2.90 bits per heavy atom. The predicted molar refractivity (Wildman–Crippen MR) is 113 cm³/mol. The summed E-state index contributed by atoms with van der Waals surface area (Å²) in [7, 11) is 1.66. The maximum atomic E-state index is 12.4. The SMILES string of the molecule is CN(C(=O)c1cnco1)c1cccc(OCC(O)CN2CCc3ccccc3C2)c1. The molecular weight excluding hydrogens is 382 g/mol. The molecule has 30 heavy (non-hydrogen) atoms. The molecular formula is C23H25N3O4. The van der Waals surface area contributed by atoms with Crippen LogP contribution in [0.5, 0.6) is 5.75 Å². The Labute approximate surface area is 175 Å². The van der Waals surface area contributed by atoms with E-state index in [-0.39, 0.29) is 18.3 Å². The van der Waals surface area contributed by atoms with Gasteiger partial charge in [-0.05, 0) is 29.7 Å². The van der Waals surface area contributed by atoms with Crippen molar-refractivity contribution in [2.45, 2.75) is 19.1 Å². The maximum Gasteiger partial charge on any atom is 0.295 e. The number of hydrogen-bond donors (Lipinski definition) is 1. The zero-order chi connectivity index (χ0) is 20.9. The number of β-amino-alcohol motifs (C(OH)–C–C–N with tert-alkyl or cyclic N) is 1.